The van der Waals surface area contributed by atoms with Crippen molar-refractivity contribution in [1.82, 2.24) is 9.30 Å². The van der Waals surface area contributed by atoms with Gasteiger partial charge in [0.05, 0.1) is 6.61 Å². The summed E-state index contributed by atoms with van der Waals surface area (Å²) in [6.07, 6.45) is 6.47. The number of hydrogen-bond donors (Lipinski definition) is 1. The zero-order chi connectivity index (χ0) is 21.0. The van der Waals surface area contributed by atoms with Crippen molar-refractivity contribution in [3.05, 3.63) is 67.5 Å². The average Bonchev–Trinajstić information content (AvgIpc) is 2.72. The fourth-order valence-electron chi connectivity index (χ4n) is 4.00. The van der Waals surface area contributed by atoms with Gasteiger partial charge < -0.3 is 9.94 Å². The standard InChI is InChI=1S/C21H26F2N2O4/c1-2-16-19(11-14-6-4-3-5-7-14)24(21(27)25(28)20(16)26)13-29-12-15-8-9-17(22)18(23)10-15/h8-10,14,28H,2-7,11-13H2,1H3. The van der Waals surface area contributed by atoms with Crippen LogP contribution in [0.2, 0.25) is 0 Å². The van der Waals surface area contributed by atoms with Crippen LogP contribution >= 0.6 is 0 Å². The van der Waals surface area contributed by atoms with Gasteiger partial charge in [0.15, 0.2) is 11.6 Å². The molecular weight excluding hydrogens is 382 g/mol. The molecule has 0 radical (unpaired) electrons. The van der Waals surface area contributed by atoms with Crippen LogP contribution in [0.15, 0.2) is 27.8 Å². The molecule has 2 aromatic rings. The molecule has 1 saturated carbocycles. The molecule has 0 atom stereocenters. The highest BCUT2D eigenvalue weighted by Crippen LogP contribution is 2.27. The van der Waals surface area contributed by atoms with Crippen LogP contribution in [0.3, 0.4) is 0 Å². The highest BCUT2D eigenvalue weighted by Gasteiger charge is 2.22. The lowest BCUT2D eigenvalue weighted by Crippen LogP contribution is -2.43. The lowest BCUT2D eigenvalue weighted by atomic mass is 9.85. The number of halogens is 2. The minimum atomic E-state index is -0.974. The van der Waals surface area contributed by atoms with Gasteiger partial charge in [-0.15, -0.1) is 0 Å². The van der Waals surface area contributed by atoms with E-state index in [1.807, 2.05) is 0 Å². The molecule has 1 aromatic carbocycles. The third-order valence-corrected chi connectivity index (χ3v) is 5.57. The molecule has 158 valence electrons. The third-order valence-electron chi connectivity index (χ3n) is 5.57. The smallest absolute Gasteiger partial charge is 0.366 e. The second-order valence-corrected chi connectivity index (χ2v) is 7.54. The average molecular weight is 408 g/mol. The third kappa shape index (κ3) is 4.75. The first kappa shape index (κ1) is 21.2. The van der Waals surface area contributed by atoms with E-state index in [4.69, 9.17) is 4.74 Å². The van der Waals surface area contributed by atoms with E-state index in [0.717, 1.165) is 37.8 Å². The number of hydrogen-bond acceptors (Lipinski definition) is 4. The predicted molar refractivity (Wildman–Crippen MR) is 103 cm³/mol. The van der Waals surface area contributed by atoms with Crippen LogP contribution in [-0.4, -0.2) is 14.5 Å². The van der Waals surface area contributed by atoms with Crippen molar-refractivity contribution in [3.63, 3.8) is 0 Å². The molecule has 8 heteroatoms. The van der Waals surface area contributed by atoms with E-state index in [1.54, 1.807) is 6.92 Å². The molecule has 0 amide bonds. The molecule has 1 N–H and O–H groups in total. The van der Waals surface area contributed by atoms with Crippen LogP contribution < -0.4 is 11.2 Å². The van der Waals surface area contributed by atoms with E-state index in [0.29, 0.717) is 35.6 Å². The largest absolute Gasteiger partial charge is 0.421 e. The van der Waals surface area contributed by atoms with Crippen LogP contribution in [0.25, 0.3) is 0 Å². The Balaban J connectivity index is 1.86. The van der Waals surface area contributed by atoms with Crippen LogP contribution in [0.4, 0.5) is 8.78 Å². The molecule has 1 aromatic heterocycles. The summed E-state index contributed by atoms with van der Waals surface area (Å²) in [5.74, 6) is -1.54. The van der Waals surface area contributed by atoms with Crippen LogP contribution in [0.5, 0.6) is 0 Å². The Bertz CT molecular complexity index is 978. The second kappa shape index (κ2) is 9.35. The number of aromatic nitrogens is 2. The minimum absolute atomic E-state index is 0.0431. The molecule has 1 aliphatic rings. The van der Waals surface area contributed by atoms with Gasteiger partial charge >= 0.3 is 5.69 Å². The maximum absolute atomic E-state index is 13.4. The van der Waals surface area contributed by atoms with E-state index >= 15 is 0 Å². The maximum Gasteiger partial charge on any atom is 0.366 e. The molecule has 1 fully saturated rings. The zero-order valence-corrected chi connectivity index (χ0v) is 16.5. The Hall–Kier alpha value is -2.48. The lowest BCUT2D eigenvalue weighted by Gasteiger charge is -2.24. The Morgan fingerprint density at radius 3 is 2.52 bits per heavy atom. The van der Waals surface area contributed by atoms with E-state index in [2.05, 4.69) is 0 Å². The van der Waals surface area contributed by atoms with Gasteiger partial charge in [-0.1, -0.05) is 49.8 Å². The Morgan fingerprint density at radius 2 is 1.86 bits per heavy atom. The van der Waals surface area contributed by atoms with Crippen molar-refractivity contribution in [2.45, 2.75) is 65.2 Å². The van der Waals surface area contributed by atoms with Gasteiger partial charge in [-0.2, -0.15) is 0 Å². The topological polar surface area (TPSA) is 73.5 Å². The van der Waals surface area contributed by atoms with Gasteiger partial charge in [-0.25, -0.2) is 13.6 Å². The monoisotopic (exact) mass is 408 g/mol. The Kier molecular flexibility index (Phi) is 6.84. The summed E-state index contributed by atoms with van der Waals surface area (Å²) < 4.78 is 33.4. The van der Waals surface area contributed by atoms with Crippen molar-refractivity contribution < 1.29 is 18.7 Å². The second-order valence-electron chi connectivity index (χ2n) is 7.54. The highest BCUT2D eigenvalue weighted by atomic mass is 19.2. The van der Waals surface area contributed by atoms with Gasteiger partial charge in [-0.3, -0.25) is 9.36 Å². The van der Waals surface area contributed by atoms with Crippen molar-refractivity contribution in [3.8, 4) is 0 Å². The normalized spacial score (nSPS) is 15.0. The molecule has 3 rings (SSSR count). The van der Waals surface area contributed by atoms with Crippen molar-refractivity contribution in [2.24, 2.45) is 5.92 Å². The molecule has 6 nitrogen and oxygen atoms in total. The quantitative estimate of drug-likeness (QED) is 0.713. The van der Waals surface area contributed by atoms with Gasteiger partial charge in [0.1, 0.15) is 6.73 Å². The van der Waals surface area contributed by atoms with Crippen molar-refractivity contribution >= 4 is 0 Å². The maximum atomic E-state index is 13.4. The van der Waals surface area contributed by atoms with Crippen molar-refractivity contribution in [1.29, 1.82) is 0 Å². The summed E-state index contributed by atoms with van der Waals surface area (Å²) in [6.45, 7) is 1.56. The Labute approximate surface area is 167 Å². The van der Waals surface area contributed by atoms with Crippen LogP contribution in [0.1, 0.15) is 55.8 Å². The first-order valence-electron chi connectivity index (χ1n) is 10.0. The first-order valence-corrected chi connectivity index (χ1v) is 10.0. The fourth-order valence-corrected chi connectivity index (χ4v) is 4.00. The molecule has 0 unspecified atom stereocenters. The molecule has 0 spiro atoms. The summed E-state index contributed by atoms with van der Waals surface area (Å²) in [5.41, 5.74) is -0.152. The SMILES string of the molecule is CCc1c(CC2CCCCC2)n(COCc2ccc(F)c(F)c2)c(=O)n(O)c1=O. The number of rotatable bonds is 7. The van der Waals surface area contributed by atoms with Gasteiger partial charge in [-0.05, 0) is 36.5 Å². The molecule has 0 aliphatic heterocycles. The molecular formula is C21H26F2N2O4. The lowest BCUT2D eigenvalue weighted by molar-refractivity contribution is 0.0489. The molecule has 0 saturated heterocycles. The molecule has 1 aliphatic carbocycles. The number of benzene rings is 1. The summed E-state index contributed by atoms with van der Waals surface area (Å²) in [4.78, 5) is 24.9. The van der Waals surface area contributed by atoms with E-state index < -0.39 is 22.9 Å². The van der Waals surface area contributed by atoms with E-state index in [9.17, 15) is 23.6 Å². The first-order chi connectivity index (χ1) is 13.9. The molecule has 1 heterocycles. The minimum Gasteiger partial charge on any atom is -0.421 e. The van der Waals surface area contributed by atoms with Gasteiger partial charge in [0.25, 0.3) is 5.56 Å². The zero-order valence-electron chi connectivity index (χ0n) is 16.5. The van der Waals surface area contributed by atoms with E-state index in [1.165, 1.54) is 17.1 Å². The fraction of sp³-hybridized carbons (Fsp3) is 0.524. The highest BCUT2D eigenvalue weighted by molar-refractivity contribution is 5.19. The summed E-state index contributed by atoms with van der Waals surface area (Å²) in [7, 11) is 0. The van der Waals surface area contributed by atoms with Crippen molar-refractivity contribution in [2.75, 3.05) is 0 Å². The summed E-state index contributed by atoms with van der Waals surface area (Å²) >= 11 is 0. The molecule has 0 bridgehead atoms. The predicted octanol–water partition coefficient (Wildman–Crippen LogP) is 3.39. The van der Waals surface area contributed by atoms with Crippen LogP contribution in [-0.2, 0) is 30.9 Å². The van der Waals surface area contributed by atoms with E-state index in [-0.39, 0.29) is 18.1 Å². The van der Waals surface area contributed by atoms with Crippen LogP contribution in [0, 0.1) is 17.6 Å². The Morgan fingerprint density at radius 1 is 1.14 bits per heavy atom. The summed E-state index contributed by atoms with van der Waals surface area (Å²) in [5, 5.41) is 9.94. The summed E-state index contributed by atoms with van der Waals surface area (Å²) in [6, 6.07) is 3.44. The number of ether oxygens (including phenoxy) is 1. The van der Waals surface area contributed by atoms with Gasteiger partial charge in [0.2, 0.25) is 0 Å². The van der Waals surface area contributed by atoms with Gasteiger partial charge in [0, 0.05) is 11.3 Å². The number of nitrogens with zero attached hydrogens (tertiary/aromatic N) is 2. The molecule has 29 heavy (non-hydrogen) atoms.